The Balaban J connectivity index is 1.94. The second-order valence-electron chi connectivity index (χ2n) is 6.19. The molecule has 4 nitrogen and oxygen atoms in total. The van der Waals surface area contributed by atoms with Gasteiger partial charge in [-0.2, -0.15) is 0 Å². The number of aromatic nitrogens is 1. The molecule has 5 heteroatoms. The van der Waals surface area contributed by atoms with Gasteiger partial charge in [0, 0.05) is 19.3 Å². The molecule has 2 N–H and O–H groups in total. The Labute approximate surface area is 122 Å². The van der Waals surface area contributed by atoms with Crippen LogP contribution in [-0.4, -0.2) is 28.9 Å². The number of hydrogen-bond donors (Lipinski definition) is 1. The van der Waals surface area contributed by atoms with Gasteiger partial charge in [0.25, 0.3) is 5.91 Å². The van der Waals surface area contributed by atoms with Crippen molar-refractivity contribution in [1.82, 2.24) is 9.88 Å². The van der Waals surface area contributed by atoms with E-state index in [2.05, 4.69) is 18.8 Å². The highest BCUT2D eigenvalue weighted by Gasteiger charge is 2.31. The zero-order chi connectivity index (χ0) is 14.3. The number of likely N-dealkylation sites (tertiary alicyclic amines) is 1. The van der Waals surface area contributed by atoms with Crippen molar-refractivity contribution in [1.29, 1.82) is 0 Å². The highest BCUT2D eigenvalue weighted by Crippen LogP contribution is 2.35. The van der Waals surface area contributed by atoms with Crippen molar-refractivity contribution < 1.29 is 4.79 Å². The molecule has 1 saturated heterocycles. The molecule has 20 heavy (non-hydrogen) atoms. The Morgan fingerprint density at radius 2 is 2.30 bits per heavy atom. The van der Waals surface area contributed by atoms with E-state index >= 15 is 0 Å². The van der Waals surface area contributed by atoms with Gasteiger partial charge in [-0.05, 0) is 30.4 Å². The van der Waals surface area contributed by atoms with Crippen molar-refractivity contribution in [3.8, 4) is 0 Å². The molecule has 1 amide bonds. The molecule has 0 atom stereocenters. The summed E-state index contributed by atoms with van der Waals surface area (Å²) in [5.74, 6) is 0.0540. The SMILES string of the molecule is CC1(C)CCCN(C(=O)c2sc3cccnc3c2N)C1. The molecule has 3 heterocycles. The number of piperidine rings is 1. The number of carbonyl (C=O) groups is 1. The predicted molar refractivity (Wildman–Crippen MR) is 83.0 cm³/mol. The van der Waals surface area contributed by atoms with Gasteiger partial charge in [0.15, 0.2) is 0 Å². The summed E-state index contributed by atoms with van der Waals surface area (Å²) in [6.07, 6.45) is 3.94. The highest BCUT2D eigenvalue weighted by atomic mass is 32.1. The molecule has 0 saturated carbocycles. The minimum absolute atomic E-state index is 0.0540. The third-order valence-electron chi connectivity index (χ3n) is 3.86. The Morgan fingerprint density at radius 1 is 1.50 bits per heavy atom. The Morgan fingerprint density at radius 3 is 3.00 bits per heavy atom. The number of nitrogens with two attached hydrogens (primary N) is 1. The number of hydrogen-bond acceptors (Lipinski definition) is 4. The fourth-order valence-corrected chi connectivity index (χ4v) is 3.90. The number of nitrogen functional groups attached to an aromatic ring is 1. The molecule has 1 aliphatic rings. The number of carbonyl (C=O) groups excluding carboxylic acids is 1. The van der Waals surface area contributed by atoms with E-state index < -0.39 is 0 Å². The minimum atomic E-state index is 0.0540. The summed E-state index contributed by atoms with van der Waals surface area (Å²) in [6, 6.07) is 3.83. The summed E-state index contributed by atoms with van der Waals surface area (Å²) in [4.78, 5) is 19.5. The monoisotopic (exact) mass is 289 g/mol. The van der Waals surface area contributed by atoms with Gasteiger partial charge in [-0.1, -0.05) is 13.8 Å². The zero-order valence-electron chi connectivity index (χ0n) is 11.8. The summed E-state index contributed by atoms with van der Waals surface area (Å²) < 4.78 is 0.976. The standard InChI is InChI=1S/C15H19N3OS/c1-15(2)6-4-8-18(9-15)14(19)13-11(16)12-10(20-13)5-3-7-17-12/h3,5,7H,4,6,8-9,16H2,1-2H3. The number of thiophene rings is 1. The molecule has 0 radical (unpaired) electrons. The molecule has 1 fully saturated rings. The van der Waals surface area contributed by atoms with Crippen LogP contribution in [0.2, 0.25) is 0 Å². The third-order valence-corrected chi connectivity index (χ3v) is 5.01. The van der Waals surface area contributed by atoms with Crippen molar-refractivity contribution in [2.45, 2.75) is 26.7 Å². The Bertz CT molecular complexity index is 662. The van der Waals surface area contributed by atoms with Gasteiger partial charge < -0.3 is 10.6 Å². The number of rotatable bonds is 1. The number of pyridine rings is 1. The highest BCUT2D eigenvalue weighted by molar-refractivity contribution is 7.21. The van der Waals surface area contributed by atoms with Gasteiger partial charge in [0.05, 0.1) is 10.4 Å². The van der Waals surface area contributed by atoms with Gasteiger partial charge in [0.2, 0.25) is 0 Å². The van der Waals surface area contributed by atoms with E-state index in [9.17, 15) is 4.79 Å². The van der Waals surface area contributed by atoms with Crippen LogP contribution >= 0.6 is 11.3 Å². The molecule has 1 aliphatic heterocycles. The van der Waals surface area contributed by atoms with E-state index in [0.29, 0.717) is 10.6 Å². The van der Waals surface area contributed by atoms with Gasteiger partial charge >= 0.3 is 0 Å². The summed E-state index contributed by atoms with van der Waals surface area (Å²) in [5, 5.41) is 0. The van der Waals surface area contributed by atoms with E-state index in [0.717, 1.165) is 29.7 Å². The van der Waals surface area contributed by atoms with Crippen LogP contribution < -0.4 is 5.73 Å². The quantitative estimate of drug-likeness (QED) is 0.877. The van der Waals surface area contributed by atoms with Crippen LogP contribution in [0.15, 0.2) is 18.3 Å². The van der Waals surface area contributed by atoms with Crippen LogP contribution in [-0.2, 0) is 0 Å². The molecule has 0 unspecified atom stereocenters. The predicted octanol–water partition coefficient (Wildman–Crippen LogP) is 3.14. The topological polar surface area (TPSA) is 59.2 Å². The van der Waals surface area contributed by atoms with Crippen LogP contribution in [0.5, 0.6) is 0 Å². The van der Waals surface area contributed by atoms with Crippen molar-refractivity contribution >= 4 is 33.1 Å². The summed E-state index contributed by atoms with van der Waals surface area (Å²) in [7, 11) is 0. The zero-order valence-corrected chi connectivity index (χ0v) is 12.7. The molecule has 2 aromatic heterocycles. The first kappa shape index (κ1) is 13.4. The number of anilines is 1. The fraction of sp³-hybridized carbons (Fsp3) is 0.467. The summed E-state index contributed by atoms with van der Waals surface area (Å²) in [5.41, 5.74) is 7.58. The molecule has 0 aromatic carbocycles. The summed E-state index contributed by atoms with van der Waals surface area (Å²) in [6.45, 7) is 6.04. The maximum atomic E-state index is 12.7. The van der Waals surface area contributed by atoms with Crippen LogP contribution in [0.3, 0.4) is 0 Å². The van der Waals surface area contributed by atoms with E-state index in [1.54, 1.807) is 6.20 Å². The molecule has 2 aromatic rings. The maximum absolute atomic E-state index is 12.7. The average molecular weight is 289 g/mol. The Kier molecular flexibility index (Phi) is 3.17. The smallest absolute Gasteiger partial charge is 0.266 e. The molecular weight excluding hydrogens is 270 g/mol. The van der Waals surface area contributed by atoms with E-state index in [1.165, 1.54) is 17.8 Å². The molecule has 0 bridgehead atoms. The molecule has 3 rings (SSSR count). The van der Waals surface area contributed by atoms with Gasteiger partial charge in [-0.25, -0.2) is 0 Å². The lowest BCUT2D eigenvalue weighted by Gasteiger charge is -2.37. The van der Waals surface area contributed by atoms with Crippen molar-refractivity contribution in [2.24, 2.45) is 5.41 Å². The van der Waals surface area contributed by atoms with Crippen molar-refractivity contribution in [3.63, 3.8) is 0 Å². The molecule has 106 valence electrons. The molecule has 0 spiro atoms. The average Bonchev–Trinajstić information content (AvgIpc) is 2.75. The maximum Gasteiger partial charge on any atom is 0.266 e. The van der Waals surface area contributed by atoms with Crippen molar-refractivity contribution in [2.75, 3.05) is 18.8 Å². The lowest BCUT2D eigenvalue weighted by Crippen LogP contribution is -2.43. The number of fused-ring (bicyclic) bond motifs is 1. The first-order valence-corrected chi connectivity index (χ1v) is 7.72. The third kappa shape index (κ3) is 2.26. The normalized spacial score (nSPS) is 18.4. The van der Waals surface area contributed by atoms with Crippen LogP contribution in [0.4, 0.5) is 5.69 Å². The van der Waals surface area contributed by atoms with E-state index in [4.69, 9.17) is 5.73 Å². The van der Waals surface area contributed by atoms with Gasteiger partial charge in [0.1, 0.15) is 10.4 Å². The van der Waals surface area contributed by atoms with E-state index in [1.807, 2.05) is 17.0 Å². The van der Waals surface area contributed by atoms with Crippen LogP contribution in [0, 0.1) is 5.41 Å². The summed E-state index contributed by atoms with van der Waals surface area (Å²) >= 11 is 1.45. The molecule has 0 aliphatic carbocycles. The van der Waals surface area contributed by atoms with Gasteiger partial charge in [-0.15, -0.1) is 11.3 Å². The second kappa shape index (κ2) is 4.74. The Hall–Kier alpha value is -1.62. The van der Waals surface area contributed by atoms with E-state index in [-0.39, 0.29) is 11.3 Å². The number of amides is 1. The minimum Gasteiger partial charge on any atom is -0.396 e. The number of nitrogens with zero attached hydrogens (tertiary/aromatic N) is 2. The van der Waals surface area contributed by atoms with Crippen LogP contribution in [0.25, 0.3) is 10.2 Å². The first-order valence-electron chi connectivity index (χ1n) is 6.90. The lowest BCUT2D eigenvalue weighted by molar-refractivity contribution is 0.0589. The van der Waals surface area contributed by atoms with Crippen molar-refractivity contribution in [3.05, 3.63) is 23.2 Å². The largest absolute Gasteiger partial charge is 0.396 e. The first-order chi connectivity index (χ1) is 9.48. The lowest BCUT2D eigenvalue weighted by atomic mass is 9.84. The second-order valence-corrected chi connectivity index (χ2v) is 7.24. The van der Waals surface area contributed by atoms with Gasteiger partial charge in [-0.3, -0.25) is 9.78 Å². The molecular formula is C15H19N3OS. The fourth-order valence-electron chi connectivity index (χ4n) is 2.85. The van der Waals surface area contributed by atoms with Crippen LogP contribution in [0.1, 0.15) is 36.4 Å².